The first kappa shape index (κ1) is 4.80. The van der Waals surface area contributed by atoms with E-state index in [4.69, 9.17) is 0 Å². The van der Waals surface area contributed by atoms with Crippen molar-refractivity contribution in [1.29, 1.82) is 0 Å². The summed E-state index contributed by atoms with van der Waals surface area (Å²) >= 11 is 0. The zero-order chi connectivity index (χ0) is 4.12. The predicted octanol–water partition coefficient (Wildman–Crippen LogP) is 0.543. The molecule has 0 N–H and O–H groups in total. The molecule has 0 heterocycles. The Kier molecular flexibility index (Phi) is 3.66. The second-order valence-corrected chi connectivity index (χ2v) is 0.977. The van der Waals surface area contributed by atoms with Crippen LogP contribution < -0.4 is 0 Å². The third-order valence-electron chi connectivity index (χ3n) is 0.471. The van der Waals surface area contributed by atoms with Crippen molar-refractivity contribution in [3.05, 3.63) is 12.1 Å². The SMILES string of the molecule is B/C=C/CC. The molecule has 0 radical (unpaired) electrons. The highest BCUT2D eigenvalue weighted by Crippen LogP contribution is 1.71. The predicted molar refractivity (Wildman–Crippen MR) is 28.0 cm³/mol. The monoisotopic (exact) mass is 68.1 g/mol. The molecule has 0 bridgehead atoms. The van der Waals surface area contributed by atoms with Gasteiger partial charge in [0.05, 0.1) is 0 Å². The number of hydrogen-bond acceptors (Lipinski definition) is 0. The fraction of sp³-hybridized carbons (Fsp3) is 0.500. The summed E-state index contributed by atoms with van der Waals surface area (Å²) in [5, 5.41) is 0. The average molecular weight is 67.9 g/mol. The summed E-state index contributed by atoms with van der Waals surface area (Å²) in [6.45, 7) is 2.12. The van der Waals surface area contributed by atoms with Gasteiger partial charge in [-0.05, 0) is 6.42 Å². The quantitative estimate of drug-likeness (QED) is 0.393. The van der Waals surface area contributed by atoms with Crippen molar-refractivity contribution >= 4 is 7.85 Å². The molecule has 0 fully saturated rings. The third kappa shape index (κ3) is 3.80. The highest BCUT2D eigenvalue weighted by atomic mass is 13.6. The summed E-state index contributed by atoms with van der Waals surface area (Å²) in [6, 6.07) is 0. The first-order valence-corrected chi connectivity index (χ1v) is 2.03. The molecule has 0 aromatic rings. The molecule has 0 atom stereocenters. The van der Waals surface area contributed by atoms with Gasteiger partial charge in [0.15, 0.2) is 0 Å². The summed E-state index contributed by atoms with van der Waals surface area (Å²) in [7, 11) is 2.03. The first-order valence-electron chi connectivity index (χ1n) is 2.03. The molecule has 0 rings (SSSR count). The summed E-state index contributed by atoms with van der Waals surface area (Å²) in [4.78, 5) is 0. The third-order valence-corrected chi connectivity index (χ3v) is 0.471. The van der Waals surface area contributed by atoms with E-state index in [0.29, 0.717) is 0 Å². The molecule has 0 aliphatic rings. The summed E-state index contributed by atoms with van der Waals surface area (Å²) < 4.78 is 0. The Morgan fingerprint density at radius 2 is 2.40 bits per heavy atom. The van der Waals surface area contributed by atoms with E-state index in [0.717, 1.165) is 6.42 Å². The number of rotatable bonds is 1. The first-order chi connectivity index (χ1) is 2.41. The smallest absolute Gasteiger partial charge is 0.128 e. The van der Waals surface area contributed by atoms with Gasteiger partial charge in [-0.1, -0.05) is 13.0 Å². The molecule has 0 saturated heterocycles. The minimum Gasteiger partial charge on any atom is -0.128 e. The lowest BCUT2D eigenvalue weighted by molar-refractivity contribution is 1.23. The molecular weight excluding hydrogens is 58.9 g/mol. The summed E-state index contributed by atoms with van der Waals surface area (Å²) in [5.41, 5.74) is 0. The lowest BCUT2D eigenvalue weighted by Gasteiger charge is -1.65. The molecule has 0 amide bonds. The summed E-state index contributed by atoms with van der Waals surface area (Å²) in [6.07, 6.45) is 3.29. The maximum atomic E-state index is 2.12. The van der Waals surface area contributed by atoms with Crippen molar-refractivity contribution < 1.29 is 0 Å². The van der Waals surface area contributed by atoms with Gasteiger partial charge in [-0.2, -0.15) is 0 Å². The van der Waals surface area contributed by atoms with E-state index >= 15 is 0 Å². The van der Waals surface area contributed by atoms with Gasteiger partial charge in [-0.25, -0.2) is 0 Å². The molecule has 0 nitrogen and oxygen atoms in total. The molecule has 0 saturated carbocycles. The number of hydrogen-bond donors (Lipinski definition) is 0. The standard InChI is InChI=1S/C4H9B/c1-2-3-4-5/h3-4H,2,5H2,1H3/b4-3+. The number of allylic oxidation sites excluding steroid dienone is 1. The van der Waals surface area contributed by atoms with Crippen molar-refractivity contribution in [2.24, 2.45) is 0 Å². The Bertz CT molecular complexity index is 30.6. The van der Waals surface area contributed by atoms with Crippen LogP contribution in [0.2, 0.25) is 0 Å². The maximum absolute atomic E-state index is 2.12. The normalized spacial score (nSPS) is 9.80. The van der Waals surface area contributed by atoms with Crippen LogP contribution in [0.5, 0.6) is 0 Å². The molecule has 0 unspecified atom stereocenters. The molecular formula is C4H9B. The van der Waals surface area contributed by atoms with Gasteiger partial charge in [0, 0.05) is 0 Å². The van der Waals surface area contributed by atoms with Crippen LogP contribution in [0.4, 0.5) is 0 Å². The van der Waals surface area contributed by atoms with Gasteiger partial charge >= 0.3 is 0 Å². The van der Waals surface area contributed by atoms with Gasteiger partial charge in [0.25, 0.3) is 0 Å². The van der Waals surface area contributed by atoms with Crippen LogP contribution in [0.15, 0.2) is 12.1 Å². The fourth-order valence-corrected chi connectivity index (χ4v) is 0.236. The van der Waals surface area contributed by atoms with Crippen molar-refractivity contribution in [2.75, 3.05) is 0 Å². The minimum absolute atomic E-state index is 1.16. The Balaban J connectivity index is 2.62. The van der Waals surface area contributed by atoms with Crippen LogP contribution in [0.1, 0.15) is 13.3 Å². The molecule has 1 heteroatoms. The highest BCUT2D eigenvalue weighted by Gasteiger charge is 1.52. The van der Waals surface area contributed by atoms with Crippen LogP contribution >= 0.6 is 0 Å². The second-order valence-electron chi connectivity index (χ2n) is 0.977. The van der Waals surface area contributed by atoms with E-state index in [-0.39, 0.29) is 0 Å². The zero-order valence-corrected chi connectivity index (χ0v) is 3.86. The average Bonchev–Trinajstić information content (AvgIpc) is 1.41. The van der Waals surface area contributed by atoms with Crippen LogP contribution in [0.25, 0.3) is 0 Å². The van der Waals surface area contributed by atoms with Gasteiger partial charge < -0.3 is 0 Å². The van der Waals surface area contributed by atoms with Crippen molar-refractivity contribution in [1.82, 2.24) is 0 Å². The van der Waals surface area contributed by atoms with Crippen LogP contribution in [0.3, 0.4) is 0 Å². The Hall–Kier alpha value is -0.195. The maximum Gasteiger partial charge on any atom is 0.129 e. The molecule has 0 aromatic carbocycles. The van der Waals surface area contributed by atoms with Gasteiger partial charge in [-0.15, -0.1) is 5.98 Å². The fourth-order valence-electron chi connectivity index (χ4n) is 0.236. The van der Waals surface area contributed by atoms with E-state index < -0.39 is 0 Å². The van der Waals surface area contributed by atoms with Crippen LogP contribution in [-0.2, 0) is 0 Å². The molecule has 0 spiro atoms. The lowest BCUT2D eigenvalue weighted by atomic mass is 10.1. The molecule has 0 aliphatic carbocycles. The van der Waals surface area contributed by atoms with Gasteiger partial charge in [0.1, 0.15) is 7.85 Å². The lowest BCUT2D eigenvalue weighted by Crippen LogP contribution is -1.49. The van der Waals surface area contributed by atoms with Crippen molar-refractivity contribution in [3.8, 4) is 0 Å². The Morgan fingerprint density at radius 1 is 1.80 bits per heavy atom. The Labute approximate surface area is 34.3 Å². The minimum atomic E-state index is 1.16. The van der Waals surface area contributed by atoms with E-state index in [1.54, 1.807) is 0 Å². The molecule has 0 aromatic heterocycles. The van der Waals surface area contributed by atoms with Crippen LogP contribution in [-0.4, -0.2) is 7.85 Å². The molecule has 28 valence electrons. The van der Waals surface area contributed by atoms with Gasteiger partial charge in [0.2, 0.25) is 0 Å². The second kappa shape index (κ2) is 3.80. The largest absolute Gasteiger partial charge is 0.129 e. The van der Waals surface area contributed by atoms with E-state index in [9.17, 15) is 0 Å². The van der Waals surface area contributed by atoms with Gasteiger partial charge in [-0.3, -0.25) is 0 Å². The van der Waals surface area contributed by atoms with E-state index in [1.807, 2.05) is 7.85 Å². The van der Waals surface area contributed by atoms with E-state index in [1.165, 1.54) is 0 Å². The highest BCUT2D eigenvalue weighted by molar-refractivity contribution is 6.16. The van der Waals surface area contributed by atoms with E-state index in [2.05, 4.69) is 19.0 Å². The molecule has 5 heavy (non-hydrogen) atoms. The summed E-state index contributed by atoms with van der Waals surface area (Å²) in [5.74, 6) is 2.06. The van der Waals surface area contributed by atoms with Crippen molar-refractivity contribution in [3.63, 3.8) is 0 Å². The Morgan fingerprint density at radius 3 is 2.40 bits per heavy atom. The topological polar surface area (TPSA) is 0 Å². The van der Waals surface area contributed by atoms with Crippen molar-refractivity contribution in [2.45, 2.75) is 13.3 Å². The zero-order valence-electron chi connectivity index (χ0n) is 3.86. The van der Waals surface area contributed by atoms with Crippen LogP contribution in [0, 0.1) is 0 Å². The molecule has 0 aliphatic heterocycles.